The fourth-order valence-corrected chi connectivity index (χ4v) is 1.39. The maximum Gasteiger partial charge on any atom is 0.174 e. The lowest BCUT2D eigenvalue weighted by Gasteiger charge is -1.97. The maximum absolute atomic E-state index is 5.49. The molecule has 0 bridgehead atoms. The molecule has 0 aliphatic rings. The highest BCUT2D eigenvalue weighted by Gasteiger charge is 2.05. The molecule has 2 heterocycles. The van der Waals surface area contributed by atoms with Crippen LogP contribution in [0.1, 0.15) is 18.4 Å². The van der Waals surface area contributed by atoms with Gasteiger partial charge in [-0.1, -0.05) is 12.1 Å². The largest absolute Gasteiger partial charge is 0.482 e. The lowest BCUT2D eigenvalue weighted by atomic mass is 10.3. The van der Waals surface area contributed by atoms with E-state index in [1.54, 1.807) is 17.1 Å². The van der Waals surface area contributed by atoms with Gasteiger partial charge in [0.2, 0.25) is 0 Å². The van der Waals surface area contributed by atoms with Gasteiger partial charge in [0.25, 0.3) is 0 Å². The van der Waals surface area contributed by atoms with Gasteiger partial charge in [0.15, 0.2) is 11.5 Å². The van der Waals surface area contributed by atoms with Crippen LogP contribution in [0.5, 0.6) is 5.75 Å². The van der Waals surface area contributed by atoms with Crippen LogP contribution in [0, 0.1) is 0 Å². The lowest BCUT2D eigenvalue weighted by molar-refractivity contribution is 0.248. The summed E-state index contributed by atoms with van der Waals surface area (Å²) in [5, 5.41) is 11.1. The lowest BCUT2D eigenvalue weighted by Crippen LogP contribution is -2.11. The Morgan fingerprint density at radius 2 is 2.41 bits per heavy atom. The van der Waals surface area contributed by atoms with Crippen molar-refractivity contribution >= 4 is 0 Å². The van der Waals surface area contributed by atoms with Crippen molar-refractivity contribution < 1.29 is 9.26 Å². The summed E-state index contributed by atoms with van der Waals surface area (Å²) in [4.78, 5) is 0. The Balaban J connectivity index is 1.84. The molecule has 0 aromatic carbocycles. The fraction of sp³-hybridized carbons (Fsp3) is 0.455. The number of hydrogen-bond donors (Lipinski definition) is 1. The Hall–Kier alpha value is -1.82. The van der Waals surface area contributed by atoms with Crippen LogP contribution in [-0.2, 0) is 20.2 Å². The van der Waals surface area contributed by atoms with E-state index in [0.29, 0.717) is 18.9 Å². The van der Waals surface area contributed by atoms with Crippen molar-refractivity contribution in [3.63, 3.8) is 0 Å². The van der Waals surface area contributed by atoms with E-state index in [9.17, 15) is 0 Å². The molecule has 2 aromatic heterocycles. The molecule has 0 unspecified atom stereocenters. The van der Waals surface area contributed by atoms with Gasteiger partial charge in [0.05, 0.1) is 18.1 Å². The summed E-state index contributed by atoms with van der Waals surface area (Å²) in [6.45, 7) is 4.04. The predicted molar refractivity (Wildman–Crippen MR) is 61.4 cm³/mol. The van der Waals surface area contributed by atoms with Gasteiger partial charge in [-0.05, 0) is 6.54 Å². The molecule has 0 spiro atoms. The van der Waals surface area contributed by atoms with Gasteiger partial charge in [-0.3, -0.25) is 4.68 Å². The van der Waals surface area contributed by atoms with Crippen LogP contribution in [0.3, 0.4) is 0 Å². The van der Waals surface area contributed by atoms with E-state index in [1.807, 2.05) is 20.0 Å². The van der Waals surface area contributed by atoms with Crippen LogP contribution in [0.15, 0.2) is 23.0 Å². The smallest absolute Gasteiger partial charge is 0.174 e. The van der Waals surface area contributed by atoms with Crippen LogP contribution in [0.2, 0.25) is 0 Å². The van der Waals surface area contributed by atoms with Gasteiger partial charge in [0, 0.05) is 19.7 Å². The summed E-state index contributed by atoms with van der Waals surface area (Å²) in [6.07, 6.45) is 3.46. The number of rotatable bonds is 6. The predicted octanol–water partition coefficient (Wildman–Crippen LogP) is 1.10. The zero-order chi connectivity index (χ0) is 12.1. The summed E-state index contributed by atoms with van der Waals surface area (Å²) in [6, 6.07) is 1.89. The van der Waals surface area contributed by atoms with Crippen molar-refractivity contribution in [3.05, 3.63) is 29.9 Å². The Kier molecular flexibility index (Phi) is 3.77. The monoisotopic (exact) mass is 236 g/mol. The molecule has 0 atom stereocenters. The van der Waals surface area contributed by atoms with Gasteiger partial charge in [-0.15, -0.1) is 0 Å². The van der Waals surface area contributed by atoms with E-state index >= 15 is 0 Å². The first kappa shape index (κ1) is 11.7. The minimum Gasteiger partial charge on any atom is -0.482 e. The third-order valence-corrected chi connectivity index (χ3v) is 2.23. The normalized spacial score (nSPS) is 10.7. The van der Waals surface area contributed by atoms with Crippen molar-refractivity contribution in [3.8, 4) is 5.75 Å². The highest BCUT2D eigenvalue weighted by molar-refractivity contribution is 5.12. The van der Waals surface area contributed by atoms with Gasteiger partial charge < -0.3 is 14.6 Å². The fourth-order valence-electron chi connectivity index (χ4n) is 1.39. The van der Waals surface area contributed by atoms with Gasteiger partial charge >= 0.3 is 0 Å². The zero-order valence-electron chi connectivity index (χ0n) is 10.0. The van der Waals surface area contributed by atoms with Crippen LogP contribution in [-0.4, -0.2) is 21.5 Å². The third-order valence-electron chi connectivity index (χ3n) is 2.23. The molecule has 0 amide bonds. The molecular weight excluding hydrogens is 220 g/mol. The van der Waals surface area contributed by atoms with Crippen molar-refractivity contribution in [2.75, 3.05) is 6.54 Å². The Bertz CT molecular complexity index is 463. The molecule has 0 aliphatic carbocycles. The van der Waals surface area contributed by atoms with Crippen LogP contribution in [0.4, 0.5) is 0 Å². The second kappa shape index (κ2) is 5.49. The van der Waals surface area contributed by atoms with Crippen molar-refractivity contribution in [2.24, 2.45) is 7.05 Å². The molecule has 0 saturated carbocycles. The zero-order valence-corrected chi connectivity index (χ0v) is 10.0. The molecule has 0 saturated heterocycles. The van der Waals surface area contributed by atoms with Crippen molar-refractivity contribution in [1.29, 1.82) is 0 Å². The Morgan fingerprint density at radius 3 is 3.12 bits per heavy atom. The molecule has 17 heavy (non-hydrogen) atoms. The van der Waals surface area contributed by atoms with E-state index in [0.717, 1.165) is 18.0 Å². The Labute approximate surface area is 99.5 Å². The third kappa shape index (κ3) is 3.32. The summed E-state index contributed by atoms with van der Waals surface area (Å²) in [5.74, 6) is 1.43. The maximum atomic E-state index is 5.49. The summed E-state index contributed by atoms with van der Waals surface area (Å²) in [5.41, 5.74) is 0.886. The average molecular weight is 236 g/mol. The summed E-state index contributed by atoms with van der Waals surface area (Å²) >= 11 is 0. The van der Waals surface area contributed by atoms with Crippen LogP contribution >= 0.6 is 0 Å². The molecule has 6 heteroatoms. The average Bonchev–Trinajstić information content (AvgIpc) is 2.93. The SMILES string of the molecule is CCNCc1cc(COc2cnn(C)c2)on1. The minimum atomic E-state index is 0.366. The van der Waals surface area contributed by atoms with Crippen molar-refractivity contribution in [1.82, 2.24) is 20.3 Å². The first-order valence-corrected chi connectivity index (χ1v) is 5.54. The van der Waals surface area contributed by atoms with E-state index in [1.165, 1.54) is 0 Å². The first-order valence-electron chi connectivity index (χ1n) is 5.54. The van der Waals surface area contributed by atoms with Gasteiger partial charge in [0.1, 0.15) is 6.61 Å². The number of ether oxygens (including phenoxy) is 1. The quantitative estimate of drug-likeness (QED) is 0.813. The summed E-state index contributed by atoms with van der Waals surface area (Å²) in [7, 11) is 1.84. The topological polar surface area (TPSA) is 65.1 Å². The molecule has 0 aliphatic heterocycles. The van der Waals surface area contributed by atoms with Crippen LogP contribution in [0.25, 0.3) is 0 Å². The number of nitrogens with zero attached hydrogens (tertiary/aromatic N) is 3. The van der Waals surface area contributed by atoms with E-state index in [2.05, 4.69) is 15.6 Å². The number of aryl methyl sites for hydroxylation is 1. The highest BCUT2D eigenvalue weighted by atomic mass is 16.5. The highest BCUT2D eigenvalue weighted by Crippen LogP contribution is 2.11. The minimum absolute atomic E-state index is 0.366. The number of nitrogens with one attached hydrogen (secondary N) is 1. The van der Waals surface area contributed by atoms with Crippen molar-refractivity contribution in [2.45, 2.75) is 20.1 Å². The first-order chi connectivity index (χ1) is 8.28. The summed E-state index contributed by atoms with van der Waals surface area (Å²) < 4.78 is 12.3. The van der Waals surface area contributed by atoms with Gasteiger partial charge in [-0.25, -0.2) is 0 Å². The molecule has 1 N–H and O–H groups in total. The molecule has 2 aromatic rings. The number of aromatic nitrogens is 3. The van der Waals surface area contributed by atoms with E-state index in [-0.39, 0.29) is 0 Å². The standard InChI is InChI=1S/C11H16N4O2/c1-3-12-5-9-4-10(17-14-9)8-16-11-6-13-15(2)7-11/h4,6-7,12H,3,5,8H2,1-2H3. The van der Waals surface area contributed by atoms with Gasteiger partial charge in [-0.2, -0.15) is 5.10 Å². The van der Waals surface area contributed by atoms with Crippen LogP contribution < -0.4 is 10.1 Å². The molecule has 2 rings (SSSR count). The molecular formula is C11H16N4O2. The molecule has 0 radical (unpaired) electrons. The number of hydrogen-bond acceptors (Lipinski definition) is 5. The second-order valence-corrected chi connectivity index (χ2v) is 3.70. The van der Waals surface area contributed by atoms with E-state index in [4.69, 9.17) is 9.26 Å². The second-order valence-electron chi connectivity index (χ2n) is 3.70. The van der Waals surface area contributed by atoms with E-state index < -0.39 is 0 Å². The molecule has 92 valence electrons. The Morgan fingerprint density at radius 1 is 1.53 bits per heavy atom. The molecule has 6 nitrogen and oxygen atoms in total. The molecule has 0 fully saturated rings.